The lowest BCUT2D eigenvalue weighted by molar-refractivity contribution is 0.189. The fraction of sp³-hybridized carbons (Fsp3) is 0.900. The highest BCUT2D eigenvalue weighted by molar-refractivity contribution is 7.99. The molecule has 2 amide bonds. The van der Waals surface area contributed by atoms with Crippen molar-refractivity contribution in [2.75, 3.05) is 44.9 Å². The summed E-state index contributed by atoms with van der Waals surface area (Å²) in [7, 11) is 1.70. The number of nitrogens with one attached hydrogen (secondary N) is 1. The molecule has 0 spiro atoms. The number of ether oxygens (including phenoxy) is 1. The highest BCUT2D eigenvalue weighted by Crippen LogP contribution is 2.08. The van der Waals surface area contributed by atoms with Gasteiger partial charge in [0, 0.05) is 44.9 Å². The zero-order valence-electron chi connectivity index (χ0n) is 9.33. The standard InChI is InChI=1S/C10H20N2O2S/c1-14-7-3-2-4-11-10(13)12-5-8-15-9-6-12/h2-9H2,1H3,(H,11,13). The van der Waals surface area contributed by atoms with E-state index in [1.165, 1.54) is 0 Å². The molecule has 5 heteroatoms. The molecule has 15 heavy (non-hydrogen) atoms. The maximum absolute atomic E-state index is 11.6. The Bertz CT molecular complexity index is 184. The van der Waals surface area contributed by atoms with Crippen molar-refractivity contribution in [2.24, 2.45) is 0 Å². The number of unbranched alkanes of at least 4 members (excludes halogenated alkanes) is 1. The molecule has 1 heterocycles. The smallest absolute Gasteiger partial charge is 0.317 e. The predicted molar refractivity (Wildman–Crippen MR) is 63.4 cm³/mol. The summed E-state index contributed by atoms with van der Waals surface area (Å²) >= 11 is 1.91. The van der Waals surface area contributed by atoms with Gasteiger partial charge < -0.3 is 15.0 Å². The van der Waals surface area contributed by atoms with E-state index >= 15 is 0 Å². The van der Waals surface area contributed by atoms with Crippen molar-refractivity contribution in [1.82, 2.24) is 10.2 Å². The van der Waals surface area contributed by atoms with Crippen LogP contribution in [0.15, 0.2) is 0 Å². The molecule has 1 aliphatic rings. The minimum absolute atomic E-state index is 0.0905. The summed E-state index contributed by atoms with van der Waals surface area (Å²) in [5.41, 5.74) is 0. The number of methoxy groups -OCH3 is 1. The molecule has 0 bridgehead atoms. The largest absolute Gasteiger partial charge is 0.385 e. The van der Waals surface area contributed by atoms with E-state index in [4.69, 9.17) is 4.74 Å². The van der Waals surface area contributed by atoms with E-state index in [1.54, 1.807) is 7.11 Å². The minimum atomic E-state index is 0.0905. The predicted octanol–water partition coefficient (Wildman–Crippen LogP) is 1.17. The lowest BCUT2D eigenvalue weighted by Gasteiger charge is -2.26. The molecular weight excluding hydrogens is 212 g/mol. The highest BCUT2D eigenvalue weighted by Gasteiger charge is 2.15. The summed E-state index contributed by atoms with van der Waals surface area (Å²) in [6.45, 7) is 3.30. The van der Waals surface area contributed by atoms with Crippen LogP contribution in [0.3, 0.4) is 0 Å². The zero-order chi connectivity index (χ0) is 10.9. The van der Waals surface area contributed by atoms with Crippen LogP contribution >= 0.6 is 11.8 Å². The first-order valence-electron chi connectivity index (χ1n) is 5.44. The van der Waals surface area contributed by atoms with Gasteiger partial charge in [-0.25, -0.2) is 4.79 Å². The molecular formula is C10H20N2O2S. The van der Waals surface area contributed by atoms with Gasteiger partial charge in [0.15, 0.2) is 0 Å². The normalized spacial score (nSPS) is 16.5. The second kappa shape index (κ2) is 7.82. The Morgan fingerprint density at radius 2 is 2.13 bits per heavy atom. The van der Waals surface area contributed by atoms with Crippen LogP contribution < -0.4 is 5.32 Å². The molecule has 1 saturated heterocycles. The van der Waals surface area contributed by atoms with E-state index in [9.17, 15) is 4.79 Å². The molecule has 0 saturated carbocycles. The second-order valence-corrected chi connectivity index (χ2v) is 4.76. The Kier molecular flexibility index (Phi) is 6.59. The van der Waals surface area contributed by atoms with Gasteiger partial charge >= 0.3 is 6.03 Å². The van der Waals surface area contributed by atoms with Crippen molar-refractivity contribution in [3.63, 3.8) is 0 Å². The molecule has 0 unspecified atom stereocenters. The van der Waals surface area contributed by atoms with Gasteiger partial charge in [0.1, 0.15) is 0 Å². The van der Waals surface area contributed by atoms with Crippen LogP contribution in [0.5, 0.6) is 0 Å². The summed E-state index contributed by atoms with van der Waals surface area (Å²) in [5.74, 6) is 2.13. The van der Waals surface area contributed by atoms with Crippen LogP contribution in [0.25, 0.3) is 0 Å². The summed E-state index contributed by atoms with van der Waals surface area (Å²) in [5, 5.41) is 2.93. The van der Waals surface area contributed by atoms with Crippen LogP contribution in [-0.4, -0.2) is 55.8 Å². The van der Waals surface area contributed by atoms with Crippen LogP contribution in [0, 0.1) is 0 Å². The van der Waals surface area contributed by atoms with Gasteiger partial charge in [0.2, 0.25) is 0 Å². The number of carbonyl (C=O) groups excluding carboxylic acids is 1. The second-order valence-electron chi connectivity index (χ2n) is 3.53. The quantitative estimate of drug-likeness (QED) is 0.724. The lowest BCUT2D eigenvalue weighted by Crippen LogP contribution is -2.44. The third-order valence-electron chi connectivity index (χ3n) is 2.35. The lowest BCUT2D eigenvalue weighted by atomic mass is 10.3. The first-order valence-corrected chi connectivity index (χ1v) is 6.59. The molecule has 4 nitrogen and oxygen atoms in total. The SMILES string of the molecule is COCCCCNC(=O)N1CCSCC1. The van der Waals surface area contributed by atoms with E-state index < -0.39 is 0 Å². The van der Waals surface area contributed by atoms with E-state index in [2.05, 4.69) is 5.32 Å². The number of carbonyl (C=O) groups is 1. The van der Waals surface area contributed by atoms with Crippen molar-refractivity contribution >= 4 is 17.8 Å². The fourth-order valence-corrected chi connectivity index (χ4v) is 2.35. The first-order chi connectivity index (χ1) is 7.34. The number of thioether (sulfide) groups is 1. The monoisotopic (exact) mass is 232 g/mol. The average molecular weight is 232 g/mol. The third kappa shape index (κ3) is 5.28. The van der Waals surface area contributed by atoms with Gasteiger partial charge in [-0.15, -0.1) is 0 Å². The van der Waals surface area contributed by atoms with Crippen LogP contribution in [0.2, 0.25) is 0 Å². The van der Waals surface area contributed by atoms with Crippen LogP contribution in [-0.2, 0) is 4.74 Å². The Morgan fingerprint density at radius 1 is 1.40 bits per heavy atom. The summed E-state index contributed by atoms with van der Waals surface area (Å²) in [4.78, 5) is 13.5. The third-order valence-corrected chi connectivity index (χ3v) is 3.29. The molecule has 0 radical (unpaired) electrons. The van der Waals surface area contributed by atoms with Gasteiger partial charge in [-0.05, 0) is 12.8 Å². The zero-order valence-corrected chi connectivity index (χ0v) is 10.1. The van der Waals surface area contributed by atoms with Gasteiger partial charge in [0.25, 0.3) is 0 Å². The van der Waals surface area contributed by atoms with E-state index in [0.717, 1.165) is 50.6 Å². The Balaban J connectivity index is 2.02. The van der Waals surface area contributed by atoms with Gasteiger partial charge in [-0.1, -0.05) is 0 Å². The summed E-state index contributed by atoms with van der Waals surface area (Å²) in [6.07, 6.45) is 1.99. The van der Waals surface area contributed by atoms with Crippen LogP contribution in [0.4, 0.5) is 4.79 Å². The van der Waals surface area contributed by atoms with Crippen molar-refractivity contribution in [2.45, 2.75) is 12.8 Å². The molecule has 88 valence electrons. The molecule has 1 rings (SSSR count). The van der Waals surface area contributed by atoms with Crippen LogP contribution in [0.1, 0.15) is 12.8 Å². The number of hydrogen-bond acceptors (Lipinski definition) is 3. The number of hydrogen-bond donors (Lipinski definition) is 1. The van der Waals surface area contributed by atoms with Crippen molar-refractivity contribution < 1.29 is 9.53 Å². The summed E-state index contributed by atoms with van der Waals surface area (Å²) in [6, 6.07) is 0.0905. The molecule has 0 aromatic heterocycles. The van der Waals surface area contributed by atoms with Crippen molar-refractivity contribution in [1.29, 1.82) is 0 Å². The molecule has 0 atom stereocenters. The van der Waals surface area contributed by atoms with Gasteiger partial charge in [-0.2, -0.15) is 11.8 Å². The first kappa shape index (κ1) is 12.6. The molecule has 0 aliphatic carbocycles. The number of urea groups is 1. The van der Waals surface area contributed by atoms with Crippen molar-refractivity contribution in [3.8, 4) is 0 Å². The molecule has 1 fully saturated rings. The van der Waals surface area contributed by atoms with Crippen molar-refractivity contribution in [3.05, 3.63) is 0 Å². The Hall–Kier alpha value is -0.420. The number of rotatable bonds is 5. The maximum atomic E-state index is 11.6. The average Bonchev–Trinajstić information content (AvgIpc) is 2.30. The number of nitrogens with zero attached hydrogens (tertiary/aromatic N) is 1. The maximum Gasteiger partial charge on any atom is 0.317 e. The van der Waals surface area contributed by atoms with Gasteiger partial charge in [0.05, 0.1) is 0 Å². The van der Waals surface area contributed by atoms with E-state index in [0.29, 0.717) is 0 Å². The fourth-order valence-electron chi connectivity index (χ4n) is 1.44. The topological polar surface area (TPSA) is 41.6 Å². The molecule has 1 aliphatic heterocycles. The minimum Gasteiger partial charge on any atom is -0.385 e. The molecule has 0 aromatic rings. The molecule has 0 aromatic carbocycles. The number of amides is 2. The van der Waals surface area contributed by atoms with Gasteiger partial charge in [-0.3, -0.25) is 0 Å². The molecule has 1 N–H and O–H groups in total. The van der Waals surface area contributed by atoms with E-state index in [-0.39, 0.29) is 6.03 Å². The Labute approximate surface area is 95.7 Å². The Morgan fingerprint density at radius 3 is 2.80 bits per heavy atom. The van der Waals surface area contributed by atoms with E-state index in [1.807, 2.05) is 16.7 Å². The summed E-state index contributed by atoms with van der Waals surface area (Å²) < 4.78 is 4.94. The highest BCUT2D eigenvalue weighted by atomic mass is 32.2.